The summed E-state index contributed by atoms with van der Waals surface area (Å²) in [6, 6.07) is 33.1. The van der Waals surface area contributed by atoms with Crippen LogP contribution >= 0.6 is 0 Å². The molecule has 0 amide bonds. The monoisotopic (exact) mass is 752 g/mol. The van der Waals surface area contributed by atoms with E-state index in [0.29, 0.717) is 15.5 Å². The first kappa shape index (κ1) is 38.5. The zero-order chi connectivity index (χ0) is 33.0. The molecule has 4 aromatic carbocycles. The van der Waals surface area contributed by atoms with Gasteiger partial charge in [-0.2, -0.15) is 0 Å². The van der Waals surface area contributed by atoms with Crippen molar-refractivity contribution in [2.45, 2.75) is 102 Å². The van der Waals surface area contributed by atoms with Crippen LogP contribution in [0.4, 0.5) is 0 Å². The molecule has 0 aromatic heterocycles. The van der Waals surface area contributed by atoms with Crippen LogP contribution in [0.2, 0.25) is 0 Å². The Kier molecular flexibility index (Phi) is 11.9. The first-order chi connectivity index (χ1) is 21.8. The Balaban J connectivity index is 0.00000260. The van der Waals surface area contributed by atoms with Gasteiger partial charge in [-0.3, -0.25) is 0 Å². The standard InChI is InChI=1S/C23H29.C17H18.C5H5.2ClH.Zr/c1-14-9-16-11-17-10-15(2)21(23(6,7)8)13-19(17)18(16)12-20(14)22(3,4)5;1-14(16-9-5-3-6-10-16)13-15(2)17-11-7-4-8-12-17;1-2-4-5-3-1;;;/h9-13H,1-8H3;3-12,14-15H,1-2H3;1-3H,4H2;2*1H;/q;;;;;+2/p-2. The van der Waals surface area contributed by atoms with Crippen molar-refractivity contribution in [2.24, 2.45) is 0 Å². The quantitative estimate of drug-likeness (QED) is 0.220. The molecule has 3 heteroatoms. The van der Waals surface area contributed by atoms with Crippen molar-refractivity contribution in [1.29, 1.82) is 0 Å². The van der Waals surface area contributed by atoms with Gasteiger partial charge in [0.25, 0.3) is 0 Å². The van der Waals surface area contributed by atoms with Crippen LogP contribution in [0.25, 0.3) is 11.1 Å². The molecule has 2 atom stereocenters. The smallest absolute Gasteiger partial charge is 1.00 e. The summed E-state index contributed by atoms with van der Waals surface area (Å²) in [5.74, 6) is 0.759. The SMILES string of the molecule is Cc1cc2c(cc1C(C)(C)C)-c1cc(C(C)(C)C)c(C)cc1[CH]2[Zr+2]([C]1=CC=CC1)=[C](C(C)c1ccccc1)C(C)c1ccccc1.[Cl-].[Cl-]. The van der Waals surface area contributed by atoms with Crippen molar-refractivity contribution in [3.63, 3.8) is 0 Å². The van der Waals surface area contributed by atoms with Gasteiger partial charge >= 0.3 is 288 Å². The molecule has 0 heterocycles. The van der Waals surface area contributed by atoms with Gasteiger partial charge in [-0.15, -0.1) is 0 Å². The maximum absolute atomic E-state index is 2.69. The molecule has 0 bridgehead atoms. The molecule has 250 valence electrons. The van der Waals surface area contributed by atoms with Crippen LogP contribution < -0.4 is 24.8 Å². The summed E-state index contributed by atoms with van der Waals surface area (Å²) in [6.45, 7) is 24.0. The largest absolute Gasteiger partial charge is 1.00 e. The summed E-state index contributed by atoms with van der Waals surface area (Å²) in [5, 5.41) is 0. The molecule has 2 aliphatic carbocycles. The molecular formula is C45H52Cl2Zr. The van der Waals surface area contributed by atoms with Gasteiger partial charge in [-0.1, -0.05) is 0 Å². The molecule has 0 fully saturated rings. The molecule has 0 aliphatic heterocycles. The van der Waals surface area contributed by atoms with Gasteiger partial charge in [0.15, 0.2) is 0 Å². The fraction of sp³-hybridized carbons (Fsp3) is 0.356. The van der Waals surface area contributed by atoms with Gasteiger partial charge in [0.1, 0.15) is 0 Å². The van der Waals surface area contributed by atoms with Crippen molar-refractivity contribution in [1.82, 2.24) is 0 Å². The van der Waals surface area contributed by atoms with Crippen molar-refractivity contribution in [3.8, 4) is 11.1 Å². The Labute approximate surface area is 311 Å². The molecular weight excluding hydrogens is 703 g/mol. The minimum atomic E-state index is -2.69. The number of aryl methyl sites for hydroxylation is 2. The second-order valence-corrected chi connectivity index (χ2v) is 22.4. The topological polar surface area (TPSA) is 0 Å². The molecule has 0 nitrogen and oxygen atoms in total. The van der Waals surface area contributed by atoms with E-state index in [4.69, 9.17) is 0 Å². The van der Waals surface area contributed by atoms with E-state index >= 15 is 0 Å². The van der Waals surface area contributed by atoms with Crippen LogP contribution in [-0.2, 0) is 32.1 Å². The van der Waals surface area contributed by atoms with Crippen molar-refractivity contribution >= 4 is 3.21 Å². The Morgan fingerprint density at radius 1 is 0.646 bits per heavy atom. The average molecular weight is 755 g/mol. The summed E-state index contributed by atoms with van der Waals surface area (Å²) < 4.78 is 4.00. The van der Waals surface area contributed by atoms with E-state index in [0.717, 1.165) is 6.42 Å². The van der Waals surface area contributed by atoms with Gasteiger partial charge in [0.2, 0.25) is 0 Å². The fourth-order valence-corrected chi connectivity index (χ4v) is 18.3. The summed E-state index contributed by atoms with van der Waals surface area (Å²) >= 11 is -2.69. The van der Waals surface area contributed by atoms with Crippen LogP contribution in [0, 0.1) is 13.8 Å². The van der Waals surface area contributed by atoms with E-state index in [1.807, 2.05) is 3.21 Å². The van der Waals surface area contributed by atoms with Gasteiger partial charge in [0, 0.05) is 0 Å². The van der Waals surface area contributed by atoms with E-state index < -0.39 is 21.3 Å². The molecule has 0 spiro atoms. The number of halogens is 2. The minimum Gasteiger partial charge on any atom is -1.00 e. The van der Waals surface area contributed by atoms with Crippen LogP contribution in [-0.4, -0.2) is 3.21 Å². The van der Waals surface area contributed by atoms with Gasteiger partial charge in [0.05, 0.1) is 0 Å². The van der Waals surface area contributed by atoms with Crippen LogP contribution in [0.1, 0.15) is 122 Å². The molecule has 0 saturated carbocycles. The van der Waals surface area contributed by atoms with E-state index in [2.05, 4.69) is 172 Å². The van der Waals surface area contributed by atoms with Gasteiger partial charge in [-0.05, 0) is 0 Å². The third kappa shape index (κ3) is 7.27. The molecule has 0 radical (unpaired) electrons. The maximum Gasteiger partial charge on any atom is -1.00 e. The molecule has 2 aliphatic rings. The van der Waals surface area contributed by atoms with E-state index in [-0.39, 0.29) is 35.6 Å². The number of rotatable bonds is 6. The fourth-order valence-electron chi connectivity index (χ4n) is 8.37. The molecule has 0 N–H and O–H groups in total. The summed E-state index contributed by atoms with van der Waals surface area (Å²) in [6.07, 6.45) is 8.37. The van der Waals surface area contributed by atoms with Crippen LogP contribution in [0.5, 0.6) is 0 Å². The zero-order valence-corrected chi connectivity index (χ0v) is 34.5. The third-order valence-corrected chi connectivity index (χ3v) is 19.8. The number of allylic oxidation sites excluding steroid dienone is 4. The van der Waals surface area contributed by atoms with Crippen molar-refractivity contribution < 1.29 is 46.1 Å². The first-order valence-corrected chi connectivity index (χ1v) is 21.2. The normalized spacial score (nSPS) is 14.9. The Morgan fingerprint density at radius 2 is 1.06 bits per heavy atom. The maximum atomic E-state index is 2.62. The Bertz CT molecular complexity index is 1750. The molecule has 48 heavy (non-hydrogen) atoms. The Hall–Kier alpha value is -2.31. The summed E-state index contributed by atoms with van der Waals surface area (Å²) in [7, 11) is 0. The molecule has 6 rings (SSSR count). The van der Waals surface area contributed by atoms with Crippen LogP contribution in [0.15, 0.2) is 106 Å². The molecule has 2 unspecified atom stereocenters. The second kappa shape index (κ2) is 14.9. The van der Waals surface area contributed by atoms with Crippen molar-refractivity contribution in [3.05, 3.63) is 151 Å². The van der Waals surface area contributed by atoms with Gasteiger partial charge < -0.3 is 24.8 Å². The van der Waals surface area contributed by atoms with Crippen LogP contribution in [0.3, 0.4) is 0 Å². The second-order valence-electron chi connectivity index (χ2n) is 15.9. The summed E-state index contributed by atoms with van der Waals surface area (Å²) in [5.41, 5.74) is 15.1. The summed E-state index contributed by atoms with van der Waals surface area (Å²) in [4.78, 5) is 0. The van der Waals surface area contributed by atoms with E-state index in [1.165, 1.54) is 44.5 Å². The van der Waals surface area contributed by atoms with E-state index in [1.54, 1.807) is 14.4 Å². The third-order valence-electron chi connectivity index (χ3n) is 10.6. The predicted octanol–water partition coefficient (Wildman–Crippen LogP) is 6.22. The number of hydrogen-bond acceptors (Lipinski definition) is 0. The number of hydrogen-bond donors (Lipinski definition) is 0. The number of benzene rings is 4. The number of fused-ring (bicyclic) bond motifs is 3. The average Bonchev–Trinajstić information content (AvgIpc) is 3.64. The zero-order valence-electron chi connectivity index (χ0n) is 30.5. The first-order valence-electron chi connectivity index (χ1n) is 17.3. The molecule has 0 saturated heterocycles. The minimum absolute atomic E-state index is 0. The van der Waals surface area contributed by atoms with Crippen molar-refractivity contribution in [2.75, 3.05) is 0 Å². The Morgan fingerprint density at radius 3 is 1.42 bits per heavy atom. The predicted molar refractivity (Wildman–Crippen MR) is 197 cm³/mol. The molecule has 4 aromatic rings. The van der Waals surface area contributed by atoms with E-state index in [9.17, 15) is 0 Å². The van der Waals surface area contributed by atoms with Gasteiger partial charge in [-0.25, -0.2) is 0 Å².